The number of aromatic nitrogens is 2. The molecule has 1 atom stereocenters. The summed E-state index contributed by atoms with van der Waals surface area (Å²) in [5.41, 5.74) is 2.05. The van der Waals surface area contributed by atoms with Crippen LogP contribution in [0.4, 0.5) is 0 Å². The van der Waals surface area contributed by atoms with Gasteiger partial charge >= 0.3 is 0 Å². The van der Waals surface area contributed by atoms with Crippen molar-refractivity contribution in [2.45, 2.75) is 32.9 Å². The van der Waals surface area contributed by atoms with Crippen LogP contribution in [0, 0.1) is 6.92 Å². The third kappa shape index (κ3) is 4.47. The molecule has 0 saturated carbocycles. The predicted octanol–water partition coefficient (Wildman–Crippen LogP) is 0.387. The minimum Gasteiger partial charge on any atom is -0.316 e. The average Bonchev–Trinajstić information content (AvgIpc) is 2.55. The van der Waals surface area contributed by atoms with Crippen LogP contribution in [0.2, 0.25) is 0 Å². The van der Waals surface area contributed by atoms with E-state index in [4.69, 9.17) is 0 Å². The number of rotatable bonds is 6. The second kappa shape index (κ2) is 5.64. The molecular formula is C11H21N3O2S. The van der Waals surface area contributed by atoms with Gasteiger partial charge in [-0.15, -0.1) is 0 Å². The van der Waals surface area contributed by atoms with Crippen LogP contribution in [-0.4, -0.2) is 43.3 Å². The minimum absolute atomic E-state index is 0.0635. The zero-order valence-electron chi connectivity index (χ0n) is 10.9. The van der Waals surface area contributed by atoms with Crippen molar-refractivity contribution in [1.29, 1.82) is 0 Å². The summed E-state index contributed by atoms with van der Waals surface area (Å²) in [6.07, 6.45) is 1.94. The predicted molar refractivity (Wildman–Crippen MR) is 68.9 cm³/mol. The summed E-state index contributed by atoms with van der Waals surface area (Å²) in [4.78, 5) is 0. The van der Waals surface area contributed by atoms with Gasteiger partial charge in [0.1, 0.15) is 9.84 Å². The molecule has 0 aliphatic carbocycles. The molecule has 0 fully saturated rings. The Morgan fingerprint density at radius 3 is 2.65 bits per heavy atom. The van der Waals surface area contributed by atoms with Crippen molar-refractivity contribution in [3.8, 4) is 0 Å². The summed E-state index contributed by atoms with van der Waals surface area (Å²) < 4.78 is 24.5. The molecule has 98 valence electrons. The third-order valence-corrected chi connectivity index (χ3v) is 3.66. The lowest BCUT2D eigenvalue weighted by atomic mass is 10.2. The van der Waals surface area contributed by atoms with Gasteiger partial charge in [-0.1, -0.05) is 0 Å². The van der Waals surface area contributed by atoms with E-state index < -0.39 is 9.84 Å². The minimum atomic E-state index is -2.96. The third-order valence-electron chi connectivity index (χ3n) is 2.65. The summed E-state index contributed by atoms with van der Waals surface area (Å²) in [6, 6.07) is 1.95. The van der Waals surface area contributed by atoms with Crippen LogP contribution >= 0.6 is 0 Å². The average molecular weight is 259 g/mol. The Morgan fingerprint density at radius 2 is 2.18 bits per heavy atom. The fraction of sp³-hybridized carbons (Fsp3) is 0.727. The second-order valence-electron chi connectivity index (χ2n) is 4.37. The van der Waals surface area contributed by atoms with Crippen molar-refractivity contribution in [1.82, 2.24) is 15.1 Å². The van der Waals surface area contributed by atoms with E-state index in [0.29, 0.717) is 6.42 Å². The highest BCUT2D eigenvalue weighted by Gasteiger charge is 2.16. The Balaban J connectivity index is 2.80. The fourth-order valence-corrected chi connectivity index (χ4v) is 2.91. The van der Waals surface area contributed by atoms with Crippen molar-refractivity contribution in [3.05, 3.63) is 17.5 Å². The van der Waals surface area contributed by atoms with E-state index in [9.17, 15) is 8.42 Å². The Labute approximate surface area is 103 Å². The number of nitrogens with one attached hydrogen (secondary N) is 1. The van der Waals surface area contributed by atoms with E-state index in [1.807, 2.05) is 24.6 Å². The molecule has 1 unspecified atom stereocenters. The zero-order valence-corrected chi connectivity index (χ0v) is 11.7. The van der Waals surface area contributed by atoms with E-state index in [1.165, 1.54) is 6.26 Å². The van der Waals surface area contributed by atoms with Gasteiger partial charge in [-0.3, -0.25) is 4.68 Å². The first-order valence-corrected chi connectivity index (χ1v) is 7.80. The van der Waals surface area contributed by atoms with E-state index in [0.717, 1.165) is 17.9 Å². The number of sulfone groups is 1. The maximum Gasteiger partial charge on any atom is 0.148 e. The highest BCUT2D eigenvalue weighted by molar-refractivity contribution is 7.90. The van der Waals surface area contributed by atoms with Gasteiger partial charge in [-0.2, -0.15) is 5.10 Å². The van der Waals surface area contributed by atoms with Crippen molar-refractivity contribution in [2.75, 3.05) is 19.1 Å². The molecule has 1 N–H and O–H groups in total. The van der Waals surface area contributed by atoms with Crippen LogP contribution in [0.3, 0.4) is 0 Å². The molecule has 0 spiro atoms. The molecule has 1 rings (SSSR count). The van der Waals surface area contributed by atoms with Crippen LogP contribution in [0.15, 0.2) is 6.07 Å². The topological polar surface area (TPSA) is 64.0 Å². The number of nitrogens with zero attached hydrogens (tertiary/aromatic N) is 2. The summed E-state index contributed by atoms with van der Waals surface area (Å²) in [5.74, 6) is 0.150. The largest absolute Gasteiger partial charge is 0.316 e. The molecule has 1 aromatic rings. The zero-order chi connectivity index (χ0) is 13.1. The Hall–Kier alpha value is -0.880. The van der Waals surface area contributed by atoms with Crippen molar-refractivity contribution < 1.29 is 8.42 Å². The van der Waals surface area contributed by atoms with Crippen LogP contribution in [0.5, 0.6) is 0 Å². The second-order valence-corrected chi connectivity index (χ2v) is 6.56. The van der Waals surface area contributed by atoms with Crippen LogP contribution in [-0.2, 0) is 22.8 Å². The van der Waals surface area contributed by atoms with E-state index in [2.05, 4.69) is 10.4 Å². The van der Waals surface area contributed by atoms with Gasteiger partial charge in [0.2, 0.25) is 0 Å². The molecule has 0 amide bonds. The SMILES string of the molecule is CCn1nc(C)cc1CC(CS(C)(=O)=O)NC. The normalized spacial score (nSPS) is 13.9. The van der Waals surface area contributed by atoms with Crippen LogP contribution in [0.1, 0.15) is 18.3 Å². The smallest absolute Gasteiger partial charge is 0.148 e. The molecule has 17 heavy (non-hydrogen) atoms. The van der Waals surface area contributed by atoms with Gasteiger partial charge < -0.3 is 5.32 Å². The monoisotopic (exact) mass is 259 g/mol. The summed E-state index contributed by atoms with van der Waals surface area (Å²) >= 11 is 0. The maximum absolute atomic E-state index is 11.3. The highest BCUT2D eigenvalue weighted by atomic mass is 32.2. The standard InChI is InChI=1S/C11H21N3O2S/c1-5-14-11(6-9(2)13-14)7-10(12-3)8-17(4,15)16/h6,10,12H,5,7-8H2,1-4H3. The molecular weight excluding hydrogens is 238 g/mol. The fourth-order valence-electron chi connectivity index (χ4n) is 1.90. The molecule has 1 heterocycles. The van der Waals surface area contributed by atoms with E-state index in [-0.39, 0.29) is 11.8 Å². The number of aryl methyl sites for hydroxylation is 2. The maximum atomic E-state index is 11.3. The highest BCUT2D eigenvalue weighted by Crippen LogP contribution is 2.08. The number of likely N-dealkylation sites (N-methyl/N-ethyl adjacent to an activating group) is 1. The first kappa shape index (κ1) is 14.2. The molecule has 0 aliphatic heterocycles. The lowest BCUT2D eigenvalue weighted by Gasteiger charge is -2.15. The Morgan fingerprint density at radius 1 is 1.53 bits per heavy atom. The quantitative estimate of drug-likeness (QED) is 0.802. The molecule has 6 heteroatoms. The summed E-state index contributed by atoms with van der Waals surface area (Å²) in [7, 11) is -1.17. The Bertz CT molecular complexity index is 465. The molecule has 0 aliphatic rings. The van der Waals surface area contributed by atoms with Crippen molar-refractivity contribution in [2.24, 2.45) is 0 Å². The van der Waals surface area contributed by atoms with Gasteiger partial charge in [0.25, 0.3) is 0 Å². The molecule has 0 bridgehead atoms. The van der Waals surface area contributed by atoms with Gasteiger partial charge in [0.05, 0.1) is 11.4 Å². The van der Waals surface area contributed by atoms with Gasteiger partial charge in [-0.05, 0) is 27.0 Å². The molecule has 0 aromatic carbocycles. The summed E-state index contributed by atoms with van der Waals surface area (Å²) in [6.45, 7) is 4.78. The molecule has 5 nitrogen and oxygen atoms in total. The number of hydrogen-bond acceptors (Lipinski definition) is 4. The van der Waals surface area contributed by atoms with Gasteiger partial charge in [-0.25, -0.2) is 8.42 Å². The van der Waals surface area contributed by atoms with Crippen molar-refractivity contribution >= 4 is 9.84 Å². The number of hydrogen-bond donors (Lipinski definition) is 1. The Kier molecular flexibility index (Phi) is 4.70. The first-order chi connectivity index (χ1) is 7.85. The van der Waals surface area contributed by atoms with Gasteiger partial charge in [0.15, 0.2) is 0 Å². The van der Waals surface area contributed by atoms with E-state index >= 15 is 0 Å². The van der Waals surface area contributed by atoms with Crippen molar-refractivity contribution in [3.63, 3.8) is 0 Å². The van der Waals surface area contributed by atoms with Gasteiger partial charge in [0, 0.05) is 31.0 Å². The molecule has 1 aromatic heterocycles. The summed E-state index contributed by atoms with van der Waals surface area (Å²) in [5, 5.41) is 7.40. The molecule has 0 radical (unpaired) electrons. The first-order valence-electron chi connectivity index (χ1n) is 5.74. The van der Waals surface area contributed by atoms with Crippen LogP contribution < -0.4 is 5.32 Å². The van der Waals surface area contributed by atoms with Crippen LogP contribution in [0.25, 0.3) is 0 Å². The lowest BCUT2D eigenvalue weighted by Crippen LogP contribution is -2.35. The lowest BCUT2D eigenvalue weighted by molar-refractivity contribution is 0.539. The van der Waals surface area contributed by atoms with E-state index in [1.54, 1.807) is 7.05 Å². The molecule has 0 saturated heterocycles.